The highest BCUT2D eigenvalue weighted by atomic mass is 19.4. The Morgan fingerprint density at radius 3 is 2.38 bits per heavy atom. The number of halogens is 3. The minimum atomic E-state index is -4.50. The number of benzene rings is 1. The first-order valence-corrected chi connectivity index (χ1v) is 4.59. The molecule has 0 saturated heterocycles. The van der Waals surface area contributed by atoms with Crippen molar-refractivity contribution in [1.29, 1.82) is 0 Å². The van der Waals surface area contributed by atoms with Crippen LogP contribution in [0.2, 0.25) is 0 Å². The van der Waals surface area contributed by atoms with Gasteiger partial charge in [-0.25, -0.2) is 0 Å². The molecule has 0 amide bonds. The molecule has 0 aliphatic rings. The summed E-state index contributed by atoms with van der Waals surface area (Å²) in [5.41, 5.74) is 4.41. The van der Waals surface area contributed by atoms with Crippen molar-refractivity contribution in [3.05, 3.63) is 29.8 Å². The van der Waals surface area contributed by atoms with Crippen molar-refractivity contribution >= 4 is 0 Å². The summed E-state index contributed by atoms with van der Waals surface area (Å²) in [6.45, 7) is 1.33. The molecule has 1 aromatic carbocycles. The number of hydrogen-bond acceptors (Lipinski definition) is 3. The first-order valence-electron chi connectivity index (χ1n) is 4.59. The third-order valence-corrected chi connectivity index (χ3v) is 1.93. The van der Waals surface area contributed by atoms with Gasteiger partial charge in [-0.3, -0.25) is 5.73 Å². The van der Waals surface area contributed by atoms with Gasteiger partial charge in [0.15, 0.2) is 6.23 Å². The molecule has 3 N–H and O–H groups in total. The average Bonchev–Trinajstić information content (AvgIpc) is 2.16. The summed E-state index contributed by atoms with van der Waals surface area (Å²) in [4.78, 5) is 0. The SMILES string of the molecule is CC(O)C(N)Oc1ccccc1C(F)(F)F. The van der Waals surface area contributed by atoms with E-state index in [0.29, 0.717) is 0 Å². The molecule has 0 aromatic heterocycles. The second kappa shape index (κ2) is 4.71. The lowest BCUT2D eigenvalue weighted by molar-refractivity contribution is -0.139. The highest BCUT2D eigenvalue weighted by Crippen LogP contribution is 2.36. The molecule has 0 fully saturated rings. The van der Waals surface area contributed by atoms with Gasteiger partial charge in [0.2, 0.25) is 0 Å². The number of ether oxygens (including phenoxy) is 1. The van der Waals surface area contributed by atoms with E-state index in [4.69, 9.17) is 15.6 Å². The quantitative estimate of drug-likeness (QED) is 0.785. The molecule has 0 bridgehead atoms. The third kappa shape index (κ3) is 3.11. The Bertz CT molecular complexity index is 352. The maximum atomic E-state index is 12.5. The topological polar surface area (TPSA) is 55.5 Å². The van der Waals surface area contributed by atoms with Crippen molar-refractivity contribution in [1.82, 2.24) is 0 Å². The van der Waals surface area contributed by atoms with Crippen molar-refractivity contribution in [3.8, 4) is 5.75 Å². The van der Waals surface area contributed by atoms with E-state index in [1.165, 1.54) is 19.1 Å². The molecule has 90 valence electrons. The van der Waals surface area contributed by atoms with Crippen LogP contribution < -0.4 is 10.5 Å². The number of para-hydroxylation sites is 1. The fourth-order valence-corrected chi connectivity index (χ4v) is 1.05. The van der Waals surface area contributed by atoms with E-state index in [-0.39, 0.29) is 5.75 Å². The number of nitrogens with two attached hydrogens (primary N) is 1. The van der Waals surface area contributed by atoms with Gasteiger partial charge in [0.1, 0.15) is 11.9 Å². The lowest BCUT2D eigenvalue weighted by Crippen LogP contribution is -2.38. The average molecular weight is 235 g/mol. The van der Waals surface area contributed by atoms with Crippen LogP contribution in [0.1, 0.15) is 12.5 Å². The monoisotopic (exact) mass is 235 g/mol. The molecule has 1 rings (SSSR count). The Morgan fingerprint density at radius 2 is 1.88 bits per heavy atom. The molecule has 0 spiro atoms. The number of rotatable bonds is 3. The fraction of sp³-hybridized carbons (Fsp3) is 0.400. The number of hydrogen-bond donors (Lipinski definition) is 2. The van der Waals surface area contributed by atoms with Gasteiger partial charge < -0.3 is 9.84 Å². The van der Waals surface area contributed by atoms with Crippen molar-refractivity contribution in [2.24, 2.45) is 5.73 Å². The fourth-order valence-electron chi connectivity index (χ4n) is 1.05. The number of alkyl halides is 3. The molecule has 0 aliphatic heterocycles. The summed E-state index contributed by atoms with van der Waals surface area (Å²) in [5.74, 6) is -0.386. The highest BCUT2D eigenvalue weighted by Gasteiger charge is 2.34. The van der Waals surface area contributed by atoms with Crippen LogP contribution >= 0.6 is 0 Å². The summed E-state index contributed by atoms with van der Waals surface area (Å²) in [7, 11) is 0. The molecule has 0 saturated carbocycles. The molecule has 16 heavy (non-hydrogen) atoms. The van der Waals surface area contributed by atoms with Crippen LogP contribution in [0, 0.1) is 0 Å². The van der Waals surface area contributed by atoms with E-state index < -0.39 is 24.1 Å². The van der Waals surface area contributed by atoms with E-state index in [2.05, 4.69) is 0 Å². The van der Waals surface area contributed by atoms with Gasteiger partial charge in [0.25, 0.3) is 0 Å². The molecule has 6 heteroatoms. The van der Waals surface area contributed by atoms with Crippen molar-refractivity contribution in [2.75, 3.05) is 0 Å². The Kier molecular flexibility index (Phi) is 3.77. The first kappa shape index (κ1) is 12.8. The van der Waals surface area contributed by atoms with Crippen LogP contribution in [0.4, 0.5) is 13.2 Å². The standard InChI is InChI=1S/C10H12F3NO2/c1-6(15)9(14)16-8-5-3-2-4-7(8)10(11,12)13/h2-6,9,15H,14H2,1H3. The van der Waals surface area contributed by atoms with Crippen LogP contribution in [0.5, 0.6) is 5.75 Å². The molecule has 0 heterocycles. The summed E-state index contributed by atoms with van der Waals surface area (Å²) in [6.07, 6.45) is -6.75. The van der Waals surface area contributed by atoms with Crippen LogP contribution in [-0.4, -0.2) is 17.4 Å². The van der Waals surface area contributed by atoms with E-state index >= 15 is 0 Å². The minimum absolute atomic E-state index is 0.386. The largest absolute Gasteiger partial charge is 0.472 e. The second-order valence-corrected chi connectivity index (χ2v) is 3.32. The number of aliphatic hydroxyl groups is 1. The van der Waals surface area contributed by atoms with Gasteiger partial charge in [0.05, 0.1) is 5.56 Å². The Labute approximate surface area is 90.6 Å². The summed E-state index contributed by atoms with van der Waals surface area (Å²) in [6, 6.07) is 4.71. The van der Waals surface area contributed by atoms with Gasteiger partial charge in [-0.2, -0.15) is 13.2 Å². The first-order chi connectivity index (χ1) is 7.32. The van der Waals surface area contributed by atoms with Gasteiger partial charge >= 0.3 is 6.18 Å². The minimum Gasteiger partial charge on any atom is -0.472 e. The van der Waals surface area contributed by atoms with Crippen LogP contribution in [0.25, 0.3) is 0 Å². The van der Waals surface area contributed by atoms with E-state index in [1.54, 1.807) is 0 Å². The van der Waals surface area contributed by atoms with E-state index in [9.17, 15) is 13.2 Å². The lowest BCUT2D eigenvalue weighted by Gasteiger charge is -2.20. The van der Waals surface area contributed by atoms with Gasteiger partial charge in [-0.15, -0.1) is 0 Å². The van der Waals surface area contributed by atoms with Crippen LogP contribution in [0.3, 0.4) is 0 Å². The molecule has 0 radical (unpaired) electrons. The Hall–Kier alpha value is -1.27. The van der Waals surface area contributed by atoms with Crippen molar-refractivity contribution in [3.63, 3.8) is 0 Å². The maximum absolute atomic E-state index is 12.5. The summed E-state index contributed by atoms with van der Waals surface area (Å²) in [5, 5.41) is 9.04. The molecule has 2 unspecified atom stereocenters. The lowest BCUT2D eigenvalue weighted by atomic mass is 10.2. The molecular weight excluding hydrogens is 223 g/mol. The van der Waals surface area contributed by atoms with Gasteiger partial charge in [-0.05, 0) is 19.1 Å². The second-order valence-electron chi connectivity index (χ2n) is 3.32. The molecule has 2 atom stereocenters. The zero-order chi connectivity index (χ0) is 12.3. The molecule has 3 nitrogen and oxygen atoms in total. The maximum Gasteiger partial charge on any atom is 0.419 e. The number of aliphatic hydroxyl groups excluding tert-OH is 1. The van der Waals surface area contributed by atoms with E-state index in [1.807, 2.05) is 0 Å². The highest BCUT2D eigenvalue weighted by molar-refractivity contribution is 5.35. The van der Waals surface area contributed by atoms with Crippen LogP contribution in [-0.2, 0) is 6.18 Å². The predicted octanol–water partition coefficient (Wildman–Crippen LogP) is 1.75. The molecule has 0 aliphatic carbocycles. The van der Waals surface area contributed by atoms with Gasteiger partial charge in [0, 0.05) is 0 Å². The zero-order valence-corrected chi connectivity index (χ0v) is 8.53. The molecule has 1 aromatic rings. The Morgan fingerprint density at radius 1 is 1.31 bits per heavy atom. The smallest absolute Gasteiger partial charge is 0.419 e. The van der Waals surface area contributed by atoms with Crippen molar-refractivity contribution in [2.45, 2.75) is 25.4 Å². The third-order valence-electron chi connectivity index (χ3n) is 1.93. The molecular formula is C10H12F3NO2. The van der Waals surface area contributed by atoms with Crippen LogP contribution in [0.15, 0.2) is 24.3 Å². The predicted molar refractivity (Wildman–Crippen MR) is 51.7 cm³/mol. The van der Waals surface area contributed by atoms with E-state index in [0.717, 1.165) is 12.1 Å². The van der Waals surface area contributed by atoms with Gasteiger partial charge in [-0.1, -0.05) is 12.1 Å². The normalized spacial score (nSPS) is 15.6. The summed E-state index contributed by atoms with van der Waals surface area (Å²) >= 11 is 0. The Balaban J connectivity index is 2.96. The zero-order valence-electron chi connectivity index (χ0n) is 8.53. The van der Waals surface area contributed by atoms with Crippen molar-refractivity contribution < 1.29 is 23.0 Å². The summed E-state index contributed by atoms with van der Waals surface area (Å²) < 4.78 is 42.4.